The molecule has 0 heterocycles. The van der Waals surface area contributed by atoms with Crippen molar-refractivity contribution in [1.82, 2.24) is 5.48 Å². The molecule has 3 heteroatoms. The Balaban J connectivity index is 3.53. The summed E-state index contributed by atoms with van der Waals surface area (Å²) in [5, 5.41) is 0. The number of ketones is 1. The van der Waals surface area contributed by atoms with Crippen LogP contribution in [0.3, 0.4) is 0 Å². The molecule has 0 aliphatic rings. The summed E-state index contributed by atoms with van der Waals surface area (Å²) in [4.78, 5) is 15.5. The Kier molecular flexibility index (Phi) is 5.09. The molecule has 0 aromatic carbocycles. The standard InChI is InChI=1S/C9H19NO2/c1-5-6-9(3,4)10-12-7-8(2)11/h10H,5-7H2,1-4H3. The second kappa shape index (κ2) is 5.27. The van der Waals surface area contributed by atoms with Gasteiger partial charge in [0.05, 0.1) is 0 Å². The van der Waals surface area contributed by atoms with Gasteiger partial charge >= 0.3 is 0 Å². The lowest BCUT2D eigenvalue weighted by atomic mass is 10.0. The smallest absolute Gasteiger partial charge is 0.157 e. The Morgan fingerprint density at radius 2 is 2.08 bits per heavy atom. The van der Waals surface area contributed by atoms with Crippen molar-refractivity contribution >= 4 is 5.78 Å². The third kappa shape index (κ3) is 6.31. The summed E-state index contributed by atoms with van der Waals surface area (Å²) >= 11 is 0. The maximum absolute atomic E-state index is 10.5. The highest BCUT2D eigenvalue weighted by Crippen LogP contribution is 2.09. The van der Waals surface area contributed by atoms with E-state index >= 15 is 0 Å². The highest BCUT2D eigenvalue weighted by molar-refractivity contribution is 5.76. The van der Waals surface area contributed by atoms with Crippen LogP contribution < -0.4 is 5.48 Å². The third-order valence-electron chi connectivity index (χ3n) is 1.50. The number of nitrogens with one attached hydrogen (secondary N) is 1. The summed E-state index contributed by atoms with van der Waals surface area (Å²) in [6, 6.07) is 0. The van der Waals surface area contributed by atoms with Crippen molar-refractivity contribution in [2.75, 3.05) is 6.61 Å². The van der Waals surface area contributed by atoms with Crippen molar-refractivity contribution in [1.29, 1.82) is 0 Å². The molecule has 0 aromatic heterocycles. The molecule has 72 valence electrons. The molecule has 0 aliphatic carbocycles. The molecule has 0 aliphatic heterocycles. The molecule has 3 nitrogen and oxygen atoms in total. The average molecular weight is 173 g/mol. The molecule has 12 heavy (non-hydrogen) atoms. The minimum atomic E-state index is -0.0375. The van der Waals surface area contributed by atoms with Crippen LogP contribution in [0.4, 0.5) is 0 Å². The monoisotopic (exact) mass is 173 g/mol. The Bertz CT molecular complexity index is 143. The van der Waals surface area contributed by atoms with Crippen LogP contribution >= 0.6 is 0 Å². The molecule has 0 aromatic rings. The number of rotatable bonds is 6. The predicted molar refractivity (Wildman–Crippen MR) is 48.8 cm³/mol. The van der Waals surface area contributed by atoms with Gasteiger partial charge in [-0.3, -0.25) is 9.63 Å². The van der Waals surface area contributed by atoms with Crippen molar-refractivity contribution in [3.05, 3.63) is 0 Å². The lowest BCUT2D eigenvalue weighted by Gasteiger charge is -2.24. The lowest BCUT2D eigenvalue weighted by Crippen LogP contribution is -2.39. The molecule has 0 unspecified atom stereocenters. The summed E-state index contributed by atoms with van der Waals surface area (Å²) in [5.74, 6) is 0.0369. The lowest BCUT2D eigenvalue weighted by molar-refractivity contribution is -0.126. The van der Waals surface area contributed by atoms with Crippen molar-refractivity contribution in [3.63, 3.8) is 0 Å². The summed E-state index contributed by atoms with van der Waals surface area (Å²) < 4.78 is 0. The molecule has 0 fully saturated rings. The predicted octanol–water partition coefficient (Wildman–Crippen LogP) is 1.68. The molecule has 0 saturated heterocycles. The van der Waals surface area contributed by atoms with Crippen LogP contribution in [0.5, 0.6) is 0 Å². The number of hydroxylamine groups is 1. The molecular formula is C9H19NO2. The number of carbonyl (C=O) groups is 1. The van der Waals surface area contributed by atoms with E-state index in [2.05, 4.69) is 26.3 Å². The van der Waals surface area contributed by atoms with Gasteiger partial charge < -0.3 is 0 Å². The van der Waals surface area contributed by atoms with Crippen LogP contribution in [0.2, 0.25) is 0 Å². The van der Waals surface area contributed by atoms with Crippen LogP contribution in [0, 0.1) is 0 Å². The molecule has 0 saturated carbocycles. The van der Waals surface area contributed by atoms with Gasteiger partial charge in [0, 0.05) is 5.54 Å². The molecule has 0 radical (unpaired) electrons. The normalized spacial score (nSPS) is 11.7. The van der Waals surface area contributed by atoms with Gasteiger partial charge in [-0.25, -0.2) is 0 Å². The Morgan fingerprint density at radius 3 is 2.50 bits per heavy atom. The van der Waals surface area contributed by atoms with E-state index in [1.807, 2.05) is 0 Å². The third-order valence-corrected chi connectivity index (χ3v) is 1.50. The number of Topliss-reactive ketones (excluding diaryl/α,β-unsaturated/α-hetero) is 1. The SMILES string of the molecule is CCCC(C)(C)NOCC(C)=O. The first kappa shape index (κ1) is 11.6. The zero-order valence-corrected chi connectivity index (χ0v) is 8.44. The first-order valence-corrected chi connectivity index (χ1v) is 4.36. The van der Waals surface area contributed by atoms with Crippen LogP contribution in [-0.2, 0) is 9.63 Å². The van der Waals surface area contributed by atoms with Crippen LogP contribution in [0.1, 0.15) is 40.5 Å². The fourth-order valence-electron chi connectivity index (χ4n) is 1.01. The maximum Gasteiger partial charge on any atom is 0.157 e. The quantitative estimate of drug-likeness (QED) is 0.621. The minimum Gasteiger partial charge on any atom is -0.297 e. The largest absolute Gasteiger partial charge is 0.297 e. The van der Waals surface area contributed by atoms with Gasteiger partial charge in [-0.1, -0.05) is 13.3 Å². The van der Waals surface area contributed by atoms with E-state index in [1.54, 1.807) is 0 Å². The summed E-state index contributed by atoms with van der Waals surface area (Å²) in [5.41, 5.74) is 2.83. The van der Waals surface area contributed by atoms with Gasteiger partial charge in [-0.05, 0) is 27.2 Å². The average Bonchev–Trinajstić information content (AvgIpc) is 1.85. The topological polar surface area (TPSA) is 38.3 Å². The molecule has 1 N–H and O–H groups in total. The summed E-state index contributed by atoms with van der Waals surface area (Å²) in [7, 11) is 0. The van der Waals surface area contributed by atoms with Gasteiger partial charge in [0.25, 0.3) is 0 Å². The van der Waals surface area contributed by atoms with Gasteiger partial charge in [0.1, 0.15) is 6.61 Å². The molecule has 0 amide bonds. The van der Waals surface area contributed by atoms with Crippen LogP contribution in [0.15, 0.2) is 0 Å². The van der Waals surface area contributed by atoms with E-state index in [0.29, 0.717) is 0 Å². The van der Waals surface area contributed by atoms with Crippen LogP contribution in [0.25, 0.3) is 0 Å². The van der Waals surface area contributed by atoms with Gasteiger partial charge in [-0.15, -0.1) is 0 Å². The Labute approximate surface area is 74.4 Å². The molecule has 0 spiro atoms. The summed E-state index contributed by atoms with van der Waals surface area (Å²) in [6.45, 7) is 7.88. The van der Waals surface area contributed by atoms with Crippen molar-refractivity contribution in [3.8, 4) is 0 Å². The van der Waals surface area contributed by atoms with Gasteiger partial charge in [0.2, 0.25) is 0 Å². The Hall–Kier alpha value is -0.410. The minimum absolute atomic E-state index is 0.0369. The van der Waals surface area contributed by atoms with Gasteiger partial charge in [0.15, 0.2) is 5.78 Å². The van der Waals surface area contributed by atoms with E-state index in [-0.39, 0.29) is 17.9 Å². The molecular weight excluding hydrogens is 154 g/mol. The van der Waals surface area contributed by atoms with E-state index in [1.165, 1.54) is 6.92 Å². The number of carbonyl (C=O) groups excluding carboxylic acids is 1. The summed E-state index contributed by atoms with van der Waals surface area (Å²) in [6.07, 6.45) is 2.13. The van der Waals surface area contributed by atoms with E-state index < -0.39 is 0 Å². The second-order valence-electron chi connectivity index (χ2n) is 3.73. The van der Waals surface area contributed by atoms with Crippen molar-refractivity contribution in [2.24, 2.45) is 0 Å². The number of hydrogen-bond acceptors (Lipinski definition) is 3. The van der Waals surface area contributed by atoms with Gasteiger partial charge in [-0.2, -0.15) is 5.48 Å². The second-order valence-corrected chi connectivity index (χ2v) is 3.73. The molecule has 0 atom stereocenters. The fourth-order valence-corrected chi connectivity index (χ4v) is 1.01. The number of hydrogen-bond donors (Lipinski definition) is 1. The zero-order chi connectivity index (χ0) is 9.61. The first-order chi connectivity index (χ1) is 5.48. The van der Waals surface area contributed by atoms with Crippen molar-refractivity contribution < 1.29 is 9.63 Å². The molecule has 0 bridgehead atoms. The zero-order valence-electron chi connectivity index (χ0n) is 8.44. The molecule has 0 rings (SSSR count). The van der Waals surface area contributed by atoms with E-state index in [0.717, 1.165) is 12.8 Å². The highest BCUT2D eigenvalue weighted by Gasteiger charge is 2.15. The Morgan fingerprint density at radius 1 is 1.50 bits per heavy atom. The fraction of sp³-hybridized carbons (Fsp3) is 0.889. The first-order valence-electron chi connectivity index (χ1n) is 4.36. The van der Waals surface area contributed by atoms with Crippen molar-refractivity contribution in [2.45, 2.75) is 46.1 Å². The van der Waals surface area contributed by atoms with Crippen LogP contribution in [-0.4, -0.2) is 17.9 Å². The van der Waals surface area contributed by atoms with E-state index in [9.17, 15) is 4.79 Å². The highest BCUT2D eigenvalue weighted by atomic mass is 16.6. The maximum atomic E-state index is 10.5. The van der Waals surface area contributed by atoms with E-state index in [4.69, 9.17) is 4.84 Å².